The number of aromatic hydroxyl groups is 2. The number of fused-ring (bicyclic) bond motifs is 1. The Morgan fingerprint density at radius 3 is 2.57 bits per heavy atom. The molecule has 0 saturated carbocycles. The maximum Gasteiger partial charge on any atom is 0.265 e. The molecule has 0 atom stereocenters. The van der Waals surface area contributed by atoms with Gasteiger partial charge >= 0.3 is 0 Å². The SMILES string of the molecule is Oc1sc2c(C(F)F)cccc2c1O. The minimum absolute atomic E-state index is 0.164. The summed E-state index contributed by atoms with van der Waals surface area (Å²) < 4.78 is 25.2. The molecular formula is C9H6F2O2S. The van der Waals surface area contributed by atoms with Crippen LogP contribution in [0.25, 0.3) is 10.1 Å². The molecule has 1 aromatic heterocycles. The Hall–Kier alpha value is -1.36. The third-order valence-corrected chi connectivity index (χ3v) is 2.98. The molecule has 0 aliphatic carbocycles. The van der Waals surface area contributed by atoms with Gasteiger partial charge in [-0.2, -0.15) is 0 Å². The van der Waals surface area contributed by atoms with Gasteiger partial charge in [-0.15, -0.1) is 0 Å². The van der Waals surface area contributed by atoms with Crippen LogP contribution in [0.4, 0.5) is 8.78 Å². The summed E-state index contributed by atoms with van der Waals surface area (Å²) in [6, 6.07) is 4.20. The van der Waals surface area contributed by atoms with Gasteiger partial charge in [-0.3, -0.25) is 0 Å². The second-order valence-electron chi connectivity index (χ2n) is 2.78. The van der Waals surface area contributed by atoms with E-state index in [-0.39, 0.29) is 26.5 Å². The largest absolute Gasteiger partial charge is 0.503 e. The van der Waals surface area contributed by atoms with Gasteiger partial charge in [-0.05, 0) is 6.07 Å². The van der Waals surface area contributed by atoms with E-state index >= 15 is 0 Å². The molecule has 0 saturated heterocycles. The van der Waals surface area contributed by atoms with Gasteiger partial charge in [-0.25, -0.2) is 8.78 Å². The van der Waals surface area contributed by atoms with Crippen molar-refractivity contribution >= 4 is 21.4 Å². The average molecular weight is 216 g/mol. The zero-order valence-electron chi connectivity index (χ0n) is 6.87. The molecule has 0 spiro atoms. The fraction of sp³-hybridized carbons (Fsp3) is 0.111. The topological polar surface area (TPSA) is 40.5 Å². The van der Waals surface area contributed by atoms with Gasteiger partial charge in [0.25, 0.3) is 6.43 Å². The Labute approximate surface area is 82.0 Å². The minimum atomic E-state index is -2.60. The van der Waals surface area contributed by atoms with Crippen molar-refractivity contribution in [2.75, 3.05) is 0 Å². The Bertz CT molecular complexity index is 479. The highest BCUT2D eigenvalue weighted by molar-refractivity contribution is 7.21. The highest BCUT2D eigenvalue weighted by Crippen LogP contribution is 2.45. The number of alkyl halides is 2. The van der Waals surface area contributed by atoms with Gasteiger partial charge in [0.15, 0.2) is 5.75 Å². The molecule has 0 aliphatic rings. The van der Waals surface area contributed by atoms with Crippen molar-refractivity contribution in [2.45, 2.75) is 6.43 Å². The summed E-state index contributed by atoms with van der Waals surface area (Å²) in [6.45, 7) is 0. The quantitative estimate of drug-likeness (QED) is 0.768. The summed E-state index contributed by atoms with van der Waals surface area (Å²) in [5.41, 5.74) is -0.164. The van der Waals surface area contributed by atoms with Gasteiger partial charge in [0, 0.05) is 10.9 Å². The van der Waals surface area contributed by atoms with Crippen molar-refractivity contribution in [1.82, 2.24) is 0 Å². The molecular weight excluding hydrogens is 210 g/mol. The molecule has 1 heterocycles. The van der Waals surface area contributed by atoms with Gasteiger partial charge in [0.2, 0.25) is 5.06 Å². The van der Waals surface area contributed by atoms with Crippen LogP contribution >= 0.6 is 11.3 Å². The molecule has 1 aromatic carbocycles. The molecule has 0 bridgehead atoms. The zero-order chi connectivity index (χ0) is 10.3. The van der Waals surface area contributed by atoms with E-state index in [4.69, 9.17) is 0 Å². The van der Waals surface area contributed by atoms with Gasteiger partial charge in [-0.1, -0.05) is 23.5 Å². The van der Waals surface area contributed by atoms with Crippen LogP contribution in [-0.4, -0.2) is 10.2 Å². The predicted molar refractivity (Wildman–Crippen MR) is 50.1 cm³/mol. The lowest BCUT2D eigenvalue weighted by Crippen LogP contribution is -1.82. The smallest absolute Gasteiger partial charge is 0.265 e. The Balaban J connectivity index is 2.81. The van der Waals surface area contributed by atoms with E-state index in [2.05, 4.69) is 0 Å². The van der Waals surface area contributed by atoms with E-state index in [1.54, 1.807) is 0 Å². The molecule has 0 aliphatic heterocycles. The van der Waals surface area contributed by atoms with Crippen LogP contribution in [0.15, 0.2) is 18.2 Å². The summed E-state index contributed by atoms with van der Waals surface area (Å²) >= 11 is 0.759. The summed E-state index contributed by atoms with van der Waals surface area (Å²) in [5.74, 6) is -0.326. The van der Waals surface area contributed by atoms with Gasteiger partial charge < -0.3 is 10.2 Å². The summed E-state index contributed by atoms with van der Waals surface area (Å²) in [6.07, 6.45) is -2.60. The number of halogens is 2. The number of benzene rings is 1. The van der Waals surface area contributed by atoms with Crippen LogP contribution in [0.2, 0.25) is 0 Å². The van der Waals surface area contributed by atoms with Crippen LogP contribution in [0.3, 0.4) is 0 Å². The molecule has 0 radical (unpaired) electrons. The lowest BCUT2D eigenvalue weighted by atomic mass is 10.1. The Kier molecular flexibility index (Phi) is 2.03. The van der Waals surface area contributed by atoms with Crippen LogP contribution in [0.1, 0.15) is 12.0 Å². The van der Waals surface area contributed by atoms with Crippen molar-refractivity contribution in [1.29, 1.82) is 0 Å². The van der Waals surface area contributed by atoms with E-state index < -0.39 is 6.43 Å². The molecule has 14 heavy (non-hydrogen) atoms. The monoisotopic (exact) mass is 216 g/mol. The van der Waals surface area contributed by atoms with Gasteiger partial charge in [0.05, 0.1) is 4.70 Å². The average Bonchev–Trinajstić information content (AvgIpc) is 2.43. The molecule has 5 heteroatoms. The normalized spacial score (nSPS) is 11.4. The van der Waals surface area contributed by atoms with E-state index in [1.807, 2.05) is 0 Å². The van der Waals surface area contributed by atoms with Crippen LogP contribution in [0.5, 0.6) is 10.8 Å². The Morgan fingerprint density at radius 1 is 1.21 bits per heavy atom. The fourth-order valence-corrected chi connectivity index (χ4v) is 2.24. The van der Waals surface area contributed by atoms with E-state index in [1.165, 1.54) is 18.2 Å². The molecule has 2 nitrogen and oxygen atoms in total. The first-order valence-electron chi connectivity index (χ1n) is 3.82. The summed E-state index contributed by atoms with van der Waals surface area (Å²) in [7, 11) is 0. The molecule has 0 unspecified atom stereocenters. The third-order valence-electron chi connectivity index (χ3n) is 1.94. The van der Waals surface area contributed by atoms with Crippen LogP contribution in [-0.2, 0) is 0 Å². The van der Waals surface area contributed by atoms with E-state index in [9.17, 15) is 19.0 Å². The van der Waals surface area contributed by atoms with Gasteiger partial charge in [0.1, 0.15) is 0 Å². The molecule has 2 rings (SSSR count). The second kappa shape index (κ2) is 3.09. The van der Waals surface area contributed by atoms with Crippen molar-refractivity contribution in [3.8, 4) is 10.8 Å². The van der Waals surface area contributed by atoms with Crippen molar-refractivity contribution in [3.05, 3.63) is 23.8 Å². The Morgan fingerprint density at radius 2 is 1.93 bits per heavy atom. The first-order chi connectivity index (χ1) is 6.61. The molecule has 74 valence electrons. The zero-order valence-corrected chi connectivity index (χ0v) is 7.68. The number of hydrogen-bond acceptors (Lipinski definition) is 3. The first kappa shape index (κ1) is 9.21. The summed E-state index contributed by atoms with van der Waals surface area (Å²) in [4.78, 5) is 0. The fourth-order valence-electron chi connectivity index (χ4n) is 1.29. The standard InChI is InChI=1S/C9H6F2O2S/c10-8(11)5-3-1-2-4-6(12)9(13)14-7(4)5/h1-3,8,12-13H. The molecule has 0 amide bonds. The van der Waals surface area contributed by atoms with Crippen molar-refractivity contribution in [3.63, 3.8) is 0 Å². The van der Waals surface area contributed by atoms with Crippen molar-refractivity contribution in [2.24, 2.45) is 0 Å². The lowest BCUT2D eigenvalue weighted by Gasteiger charge is -1.99. The molecule has 2 N–H and O–H groups in total. The van der Waals surface area contributed by atoms with E-state index in [0.717, 1.165) is 11.3 Å². The number of thiophene rings is 1. The maximum absolute atomic E-state index is 12.5. The number of hydrogen-bond donors (Lipinski definition) is 2. The highest BCUT2D eigenvalue weighted by Gasteiger charge is 2.17. The van der Waals surface area contributed by atoms with E-state index in [0.29, 0.717) is 0 Å². The lowest BCUT2D eigenvalue weighted by molar-refractivity contribution is 0.153. The maximum atomic E-state index is 12.5. The first-order valence-corrected chi connectivity index (χ1v) is 4.64. The second-order valence-corrected chi connectivity index (χ2v) is 3.78. The highest BCUT2D eigenvalue weighted by atomic mass is 32.1. The van der Waals surface area contributed by atoms with Crippen LogP contribution in [0, 0.1) is 0 Å². The molecule has 2 aromatic rings. The van der Waals surface area contributed by atoms with Crippen molar-refractivity contribution < 1.29 is 19.0 Å². The predicted octanol–water partition coefficient (Wildman–Crippen LogP) is 3.25. The summed E-state index contributed by atoms with van der Waals surface area (Å²) in [5, 5.41) is 18.4. The molecule has 0 fully saturated rings. The minimum Gasteiger partial charge on any atom is -0.503 e. The van der Waals surface area contributed by atoms with Crippen LogP contribution < -0.4 is 0 Å². The third kappa shape index (κ3) is 1.21. The number of rotatable bonds is 1.